The van der Waals surface area contributed by atoms with Gasteiger partial charge < -0.3 is 14.5 Å². The van der Waals surface area contributed by atoms with Gasteiger partial charge in [-0.1, -0.05) is 6.42 Å². The van der Waals surface area contributed by atoms with Crippen molar-refractivity contribution in [3.8, 4) is 5.88 Å². The third-order valence-corrected chi connectivity index (χ3v) is 6.88. The van der Waals surface area contributed by atoms with Gasteiger partial charge in [0.15, 0.2) is 0 Å². The van der Waals surface area contributed by atoms with Crippen LogP contribution in [0.1, 0.15) is 40.9 Å². The molecule has 1 saturated heterocycles. The summed E-state index contributed by atoms with van der Waals surface area (Å²) in [6, 6.07) is 4.34. The fourth-order valence-electron chi connectivity index (χ4n) is 4.75. The van der Waals surface area contributed by atoms with Crippen LogP contribution in [-0.4, -0.2) is 83.1 Å². The summed E-state index contributed by atoms with van der Waals surface area (Å²) in [5.74, 6) is 1.16. The van der Waals surface area contributed by atoms with Gasteiger partial charge in [-0.05, 0) is 37.0 Å². The van der Waals surface area contributed by atoms with E-state index in [1.807, 2.05) is 11.1 Å². The van der Waals surface area contributed by atoms with Gasteiger partial charge >= 0.3 is 0 Å². The van der Waals surface area contributed by atoms with E-state index in [1.165, 1.54) is 19.3 Å². The number of pyridine rings is 1. The van der Waals surface area contributed by atoms with E-state index < -0.39 is 0 Å². The molecule has 4 heterocycles. The number of anilines is 1. The van der Waals surface area contributed by atoms with Crippen LogP contribution in [0, 0.1) is 0 Å². The molecule has 0 atom stereocenters. The Morgan fingerprint density at radius 1 is 1.06 bits per heavy atom. The first-order valence-electron chi connectivity index (χ1n) is 11.3. The maximum absolute atomic E-state index is 13.1. The SMILES string of the molecule is COc1ncccc1C(=O)N1CCc2cnc(N3CCN(C4CCC4)CC3)nc2CC1. The molecule has 1 amide bonds. The van der Waals surface area contributed by atoms with E-state index in [0.717, 1.165) is 62.3 Å². The lowest BCUT2D eigenvalue weighted by Gasteiger charge is -2.43. The van der Waals surface area contributed by atoms with Gasteiger partial charge in [0.05, 0.1) is 12.8 Å². The van der Waals surface area contributed by atoms with Crippen LogP contribution in [0.4, 0.5) is 5.95 Å². The Hall–Kier alpha value is -2.74. The lowest BCUT2D eigenvalue weighted by molar-refractivity contribution is 0.0758. The quantitative estimate of drug-likeness (QED) is 0.744. The lowest BCUT2D eigenvalue weighted by Crippen LogP contribution is -2.52. The van der Waals surface area contributed by atoms with Crippen molar-refractivity contribution < 1.29 is 9.53 Å². The Kier molecular flexibility index (Phi) is 5.72. The van der Waals surface area contributed by atoms with Crippen molar-refractivity contribution in [1.29, 1.82) is 0 Å². The topological polar surface area (TPSA) is 74.7 Å². The van der Waals surface area contributed by atoms with Crippen LogP contribution in [-0.2, 0) is 12.8 Å². The molecule has 3 aliphatic rings. The summed E-state index contributed by atoms with van der Waals surface area (Å²) >= 11 is 0. The summed E-state index contributed by atoms with van der Waals surface area (Å²) in [6.07, 6.45) is 9.20. The molecule has 0 unspecified atom stereocenters. The smallest absolute Gasteiger partial charge is 0.259 e. The molecule has 5 rings (SSSR count). The average molecular weight is 423 g/mol. The second kappa shape index (κ2) is 8.78. The second-order valence-corrected chi connectivity index (χ2v) is 8.60. The minimum Gasteiger partial charge on any atom is -0.480 e. The number of carbonyl (C=O) groups is 1. The molecule has 2 aromatic rings. The third-order valence-electron chi connectivity index (χ3n) is 6.88. The first-order chi connectivity index (χ1) is 15.2. The molecule has 0 radical (unpaired) electrons. The van der Waals surface area contributed by atoms with Gasteiger partial charge in [0.25, 0.3) is 5.91 Å². The highest BCUT2D eigenvalue weighted by molar-refractivity contribution is 5.96. The fourth-order valence-corrected chi connectivity index (χ4v) is 4.75. The van der Waals surface area contributed by atoms with Gasteiger partial charge in [-0.3, -0.25) is 9.69 Å². The maximum atomic E-state index is 13.1. The van der Waals surface area contributed by atoms with E-state index in [2.05, 4.69) is 19.8 Å². The van der Waals surface area contributed by atoms with Crippen LogP contribution in [0.15, 0.2) is 24.5 Å². The summed E-state index contributed by atoms with van der Waals surface area (Å²) in [4.78, 5) is 33.6. The highest BCUT2D eigenvalue weighted by Crippen LogP contribution is 2.26. The molecule has 2 aromatic heterocycles. The zero-order valence-electron chi connectivity index (χ0n) is 18.2. The van der Waals surface area contributed by atoms with Gasteiger partial charge in [-0.15, -0.1) is 0 Å². The van der Waals surface area contributed by atoms with Crippen LogP contribution in [0.25, 0.3) is 0 Å². The van der Waals surface area contributed by atoms with Crippen LogP contribution in [0.3, 0.4) is 0 Å². The van der Waals surface area contributed by atoms with Crippen molar-refractivity contribution in [2.75, 3.05) is 51.3 Å². The van der Waals surface area contributed by atoms with E-state index in [1.54, 1.807) is 25.4 Å². The van der Waals surface area contributed by atoms with Gasteiger partial charge in [0, 0.05) is 64.1 Å². The van der Waals surface area contributed by atoms with E-state index >= 15 is 0 Å². The average Bonchev–Trinajstić information content (AvgIpc) is 3.00. The molecule has 8 heteroatoms. The lowest BCUT2D eigenvalue weighted by atomic mass is 9.91. The standard InChI is InChI=1S/C23H30N6O2/c1-31-21-19(6-3-9-24-21)22(30)28-10-7-17-16-25-23(26-20(17)8-11-28)29-14-12-27(13-15-29)18-4-2-5-18/h3,6,9,16,18H,2,4-5,7-8,10-15H2,1H3. The first-order valence-corrected chi connectivity index (χ1v) is 11.3. The maximum Gasteiger partial charge on any atom is 0.259 e. The van der Waals surface area contributed by atoms with Crippen molar-refractivity contribution in [2.24, 2.45) is 0 Å². The molecule has 1 saturated carbocycles. The molecule has 0 aromatic carbocycles. The van der Waals surface area contributed by atoms with Gasteiger partial charge in [-0.25, -0.2) is 15.0 Å². The van der Waals surface area contributed by atoms with Gasteiger partial charge in [0.1, 0.15) is 5.56 Å². The highest BCUT2D eigenvalue weighted by atomic mass is 16.5. The molecule has 2 aliphatic heterocycles. The fraction of sp³-hybridized carbons (Fsp3) is 0.565. The summed E-state index contributed by atoms with van der Waals surface area (Å²) in [7, 11) is 1.54. The molecular weight excluding hydrogens is 392 g/mol. The Morgan fingerprint density at radius 2 is 1.87 bits per heavy atom. The number of aromatic nitrogens is 3. The Bertz CT molecular complexity index is 939. The predicted octanol–water partition coefficient (Wildman–Crippen LogP) is 1.80. The largest absolute Gasteiger partial charge is 0.480 e. The van der Waals surface area contributed by atoms with Crippen LogP contribution in [0.2, 0.25) is 0 Å². The molecule has 0 spiro atoms. The first kappa shape index (κ1) is 20.2. The Balaban J connectivity index is 1.25. The zero-order chi connectivity index (χ0) is 21.2. The van der Waals surface area contributed by atoms with E-state index in [0.29, 0.717) is 24.5 Å². The normalized spacial score (nSPS) is 20.0. The number of rotatable bonds is 4. The molecule has 2 fully saturated rings. The van der Waals surface area contributed by atoms with E-state index in [-0.39, 0.29) is 5.91 Å². The monoisotopic (exact) mass is 422 g/mol. The van der Waals surface area contributed by atoms with Crippen LogP contribution in [0.5, 0.6) is 5.88 Å². The number of hydrogen-bond donors (Lipinski definition) is 0. The number of piperazine rings is 1. The second-order valence-electron chi connectivity index (χ2n) is 8.60. The summed E-state index contributed by atoms with van der Waals surface area (Å²) in [6.45, 7) is 5.45. The highest BCUT2D eigenvalue weighted by Gasteiger charge is 2.29. The van der Waals surface area contributed by atoms with Crippen molar-refractivity contribution in [2.45, 2.75) is 38.1 Å². The molecule has 1 aliphatic carbocycles. The number of ether oxygens (including phenoxy) is 1. The molecule has 8 nitrogen and oxygen atoms in total. The Morgan fingerprint density at radius 3 is 2.61 bits per heavy atom. The molecule has 0 bridgehead atoms. The van der Waals surface area contributed by atoms with E-state index in [9.17, 15) is 4.79 Å². The number of hydrogen-bond acceptors (Lipinski definition) is 7. The summed E-state index contributed by atoms with van der Waals surface area (Å²) in [5, 5.41) is 0. The number of nitrogens with zero attached hydrogens (tertiary/aromatic N) is 6. The van der Waals surface area contributed by atoms with Gasteiger partial charge in [-0.2, -0.15) is 0 Å². The Labute approximate surface area is 183 Å². The predicted molar refractivity (Wildman–Crippen MR) is 118 cm³/mol. The molecular formula is C23H30N6O2. The molecule has 31 heavy (non-hydrogen) atoms. The van der Waals surface area contributed by atoms with Crippen LogP contribution >= 0.6 is 0 Å². The van der Waals surface area contributed by atoms with Crippen molar-refractivity contribution in [3.63, 3.8) is 0 Å². The number of carbonyl (C=O) groups excluding carboxylic acids is 1. The van der Waals surface area contributed by atoms with Gasteiger partial charge in [0.2, 0.25) is 11.8 Å². The summed E-state index contributed by atoms with van der Waals surface area (Å²) in [5.41, 5.74) is 2.72. The van der Waals surface area contributed by atoms with Crippen molar-refractivity contribution in [3.05, 3.63) is 41.3 Å². The molecule has 0 N–H and O–H groups in total. The van der Waals surface area contributed by atoms with Crippen molar-refractivity contribution in [1.82, 2.24) is 24.8 Å². The van der Waals surface area contributed by atoms with E-state index in [4.69, 9.17) is 9.72 Å². The van der Waals surface area contributed by atoms with Crippen molar-refractivity contribution >= 4 is 11.9 Å². The number of fused-ring (bicyclic) bond motifs is 1. The third kappa shape index (κ3) is 4.08. The number of amides is 1. The summed E-state index contributed by atoms with van der Waals surface area (Å²) < 4.78 is 5.28. The minimum atomic E-state index is -0.0435. The molecule has 164 valence electrons. The minimum absolute atomic E-state index is 0.0435. The number of methoxy groups -OCH3 is 1. The zero-order valence-corrected chi connectivity index (χ0v) is 18.2. The van der Waals surface area contributed by atoms with Crippen LogP contribution < -0.4 is 9.64 Å².